The summed E-state index contributed by atoms with van der Waals surface area (Å²) in [5, 5.41) is 0. The molecule has 0 fully saturated rings. The van der Waals surface area contributed by atoms with Crippen LogP contribution in [0, 0.1) is 0 Å². The van der Waals surface area contributed by atoms with E-state index in [1.54, 1.807) is 0 Å². The topological polar surface area (TPSA) is 29.3 Å². The summed E-state index contributed by atoms with van der Waals surface area (Å²) in [6.07, 6.45) is 0. The molecule has 2 heteroatoms. The summed E-state index contributed by atoms with van der Waals surface area (Å²) in [6.45, 7) is 0.597. The summed E-state index contributed by atoms with van der Waals surface area (Å²) in [6, 6.07) is 16.9. The summed E-state index contributed by atoms with van der Waals surface area (Å²) < 4.78 is 0. The van der Waals surface area contributed by atoms with Crippen molar-refractivity contribution >= 4 is 5.69 Å². The number of nitrogens with zero attached hydrogens (tertiary/aromatic N) is 1. The van der Waals surface area contributed by atoms with Crippen LogP contribution in [-0.2, 0) is 6.54 Å². The van der Waals surface area contributed by atoms with Crippen molar-refractivity contribution in [1.29, 1.82) is 0 Å². The van der Waals surface area contributed by atoms with Gasteiger partial charge in [0.15, 0.2) is 0 Å². The second-order valence-electron chi connectivity index (χ2n) is 4.34. The maximum atomic E-state index is 5.59. The van der Waals surface area contributed by atoms with Gasteiger partial charge in [-0.15, -0.1) is 0 Å². The van der Waals surface area contributed by atoms with Crippen molar-refractivity contribution in [2.45, 2.75) is 6.54 Å². The normalized spacial score (nSPS) is 10.3. The van der Waals surface area contributed by atoms with Gasteiger partial charge in [-0.05, 0) is 28.8 Å². The lowest BCUT2D eigenvalue weighted by atomic mass is 10.0. The second kappa shape index (κ2) is 5.02. The van der Waals surface area contributed by atoms with E-state index in [4.69, 9.17) is 5.73 Å². The van der Waals surface area contributed by atoms with Gasteiger partial charge in [0.05, 0.1) is 0 Å². The molecule has 0 saturated carbocycles. The minimum Gasteiger partial charge on any atom is -0.378 e. The van der Waals surface area contributed by atoms with Crippen molar-refractivity contribution in [2.24, 2.45) is 5.73 Å². The summed E-state index contributed by atoms with van der Waals surface area (Å²) in [7, 11) is 4.09. The van der Waals surface area contributed by atoms with Crippen molar-refractivity contribution in [3.8, 4) is 11.1 Å². The Morgan fingerprint density at radius 2 is 1.29 bits per heavy atom. The molecule has 0 spiro atoms. The highest BCUT2D eigenvalue weighted by molar-refractivity contribution is 5.66. The van der Waals surface area contributed by atoms with E-state index in [0.29, 0.717) is 6.54 Å². The molecule has 0 heterocycles. The highest BCUT2D eigenvalue weighted by Crippen LogP contribution is 2.22. The Balaban J connectivity index is 2.26. The van der Waals surface area contributed by atoms with Gasteiger partial charge in [-0.1, -0.05) is 36.4 Å². The van der Waals surface area contributed by atoms with Crippen molar-refractivity contribution < 1.29 is 0 Å². The lowest BCUT2D eigenvalue weighted by Gasteiger charge is -2.12. The fourth-order valence-corrected chi connectivity index (χ4v) is 1.79. The molecule has 0 radical (unpaired) electrons. The van der Waals surface area contributed by atoms with Crippen molar-refractivity contribution in [3.63, 3.8) is 0 Å². The molecule has 0 atom stereocenters. The minimum absolute atomic E-state index is 0.597. The molecule has 17 heavy (non-hydrogen) atoms. The Morgan fingerprint density at radius 3 is 1.71 bits per heavy atom. The molecule has 0 aliphatic heterocycles. The first kappa shape index (κ1) is 11.7. The van der Waals surface area contributed by atoms with Gasteiger partial charge >= 0.3 is 0 Å². The fraction of sp³-hybridized carbons (Fsp3) is 0.200. The van der Waals surface area contributed by atoms with E-state index in [1.807, 2.05) is 14.1 Å². The van der Waals surface area contributed by atoms with Crippen molar-refractivity contribution in [2.75, 3.05) is 19.0 Å². The predicted octanol–water partition coefficient (Wildman–Crippen LogP) is 2.88. The van der Waals surface area contributed by atoms with Crippen LogP contribution < -0.4 is 10.6 Å². The summed E-state index contributed by atoms with van der Waals surface area (Å²) in [4.78, 5) is 2.10. The fourth-order valence-electron chi connectivity index (χ4n) is 1.79. The quantitative estimate of drug-likeness (QED) is 0.872. The van der Waals surface area contributed by atoms with E-state index < -0.39 is 0 Å². The zero-order chi connectivity index (χ0) is 12.3. The van der Waals surface area contributed by atoms with Crippen LogP contribution in [0.15, 0.2) is 48.5 Å². The summed E-state index contributed by atoms with van der Waals surface area (Å²) >= 11 is 0. The highest BCUT2D eigenvalue weighted by Gasteiger charge is 1.99. The van der Waals surface area contributed by atoms with Crippen molar-refractivity contribution in [1.82, 2.24) is 0 Å². The first-order chi connectivity index (χ1) is 8.20. The number of hydrogen-bond acceptors (Lipinski definition) is 2. The third-order valence-electron chi connectivity index (χ3n) is 2.91. The van der Waals surface area contributed by atoms with Gasteiger partial charge in [0.25, 0.3) is 0 Å². The largest absolute Gasteiger partial charge is 0.378 e. The molecule has 2 nitrogen and oxygen atoms in total. The Kier molecular flexibility index (Phi) is 3.45. The van der Waals surface area contributed by atoms with Gasteiger partial charge in [-0.3, -0.25) is 0 Å². The van der Waals surface area contributed by atoms with Crippen LogP contribution in [0.5, 0.6) is 0 Å². The molecule has 2 aromatic carbocycles. The van der Waals surface area contributed by atoms with E-state index in [9.17, 15) is 0 Å². The maximum Gasteiger partial charge on any atom is 0.0361 e. The average Bonchev–Trinajstić information content (AvgIpc) is 2.39. The van der Waals surface area contributed by atoms with E-state index in [2.05, 4.69) is 53.4 Å². The Hall–Kier alpha value is -1.80. The molecule has 0 aromatic heterocycles. The standard InChI is InChI=1S/C15H18N2/c1-17(2)15-9-7-14(8-10-15)13-5-3-12(11-16)4-6-13/h3-10H,11,16H2,1-2H3. The Morgan fingerprint density at radius 1 is 0.824 bits per heavy atom. The molecule has 2 aromatic rings. The molecule has 0 aliphatic carbocycles. The van der Waals surface area contributed by atoms with E-state index >= 15 is 0 Å². The van der Waals surface area contributed by atoms with E-state index in [-0.39, 0.29) is 0 Å². The zero-order valence-electron chi connectivity index (χ0n) is 10.4. The van der Waals surface area contributed by atoms with Crippen LogP contribution >= 0.6 is 0 Å². The molecular formula is C15H18N2. The highest BCUT2D eigenvalue weighted by atomic mass is 15.1. The molecule has 0 unspecified atom stereocenters. The summed E-state index contributed by atoms with van der Waals surface area (Å²) in [5.41, 5.74) is 10.4. The van der Waals surface area contributed by atoms with E-state index in [0.717, 1.165) is 0 Å². The Labute approximate surface area is 103 Å². The lowest BCUT2D eigenvalue weighted by molar-refractivity contribution is 1.07. The van der Waals surface area contributed by atoms with Crippen LogP contribution in [0.1, 0.15) is 5.56 Å². The molecule has 2 rings (SSSR count). The third kappa shape index (κ3) is 2.66. The molecule has 0 bridgehead atoms. The number of hydrogen-bond donors (Lipinski definition) is 1. The van der Waals surface area contributed by atoms with Gasteiger partial charge < -0.3 is 10.6 Å². The number of benzene rings is 2. The molecular weight excluding hydrogens is 208 g/mol. The smallest absolute Gasteiger partial charge is 0.0361 e. The zero-order valence-corrected chi connectivity index (χ0v) is 10.4. The molecule has 0 saturated heterocycles. The first-order valence-corrected chi connectivity index (χ1v) is 5.77. The second-order valence-corrected chi connectivity index (χ2v) is 4.34. The average molecular weight is 226 g/mol. The molecule has 0 amide bonds. The number of anilines is 1. The van der Waals surface area contributed by atoms with Crippen LogP contribution in [-0.4, -0.2) is 14.1 Å². The summed E-state index contributed by atoms with van der Waals surface area (Å²) in [5.74, 6) is 0. The van der Waals surface area contributed by atoms with Crippen LogP contribution in [0.25, 0.3) is 11.1 Å². The van der Waals surface area contributed by atoms with Gasteiger partial charge in [0.1, 0.15) is 0 Å². The molecule has 0 aliphatic rings. The van der Waals surface area contributed by atoms with Gasteiger partial charge in [-0.2, -0.15) is 0 Å². The lowest BCUT2D eigenvalue weighted by Crippen LogP contribution is -2.07. The van der Waals surface area contributed by atoms with Crippen molar-refractivity contribution in [3.05, 3.63) is 54.1 Å². The number of rotatable bonds is 3. The molecule has 2 N–H and O–H groups in total. The van der Waals surface area contributed by atoms with Gasteiger partial charge in [0, 0.05) is 26.3 Å². The Bertz CT molecular complexity index is 469. The first-order valence-electron chi connectivity index (χ1n) is 5.77. The van der Waals surface area contributed by atoms with Crippen LogP contribution in [0.3, 0.4) is 0 Å². The minimum atomic E-state index is 0.597. The van der Waals surface area contributed by atoms with Crippen LogP contribution in [0.2, 0.25) is 0 Å². The molecule has 88 valence electrons. The monoisotopic (exact) mass is 226 g/mol. The van der Waals surface area contributed by atoms with Crippen LogP contribution in [0.4, 0.5) is 5.69 Å². The maximum absolute atomic E-state index is 5.59. The van der Waals surface area contributed by atoms with E-state index in [1.165, 1.54) is 22.4 Å². The predicted molar refractivity (Wildman–Crippen MR) is 74.1 cm³/mol. The number of nitrogens with two attached hydrogens (primary N) is 1. The third-order valence-corrected chi connectivity index (χ3v) is 2.91. The SMILES string of the molecule is CN(C)c1ccc(-c2ccc(CN)cc2)cc1. The van der Waals surface area contributed by atoms with Gasteiger partial charge in [0.2, 0.25) is 0 Å². The van der Waals surface area contributed by atoms with Gasteiger partial charge in [-0.25, -0.2) is 0 Å².